The van der Waals surface area contributed by atoms with Crippen LogP contribution in [-0.2, 0) is 0 Å². The molecule has 0 aliphatic rings. The van der Waals surface area contributed by atoms with Crippen LogP contribution in [0.5, 0.6) is 0 Å². The van der Waals surface area contributed by atoms with Gasteiger partial charge in [-0.1, -0.05) is 48.6 Å². The molecule has 0 amide bonds. The van der Waals surface area contributed by atoms with E-state index in [4.69, 9.17) is 0 Å². The van der Waals surface area contributed by atoms with E-state index in [0.29, 0.717) is 0 Å². The maximum absolute atomic E-state index is 2.18. The molecule has 2 aromatic carbocycles. The molecule has 2 rings (SSSR count). The van der Waals surface area contributed by atoms with Crippen molar-refractivity contribution in [3.8, 4) is 0 Å². The van der Waals surface area contributed by atoms with Crippen LogP contribution >= 0.6 is 0 Å². The van der Waals surface area contributed by atoms with Crippen molar-refractivity contribution in [1.29, 1.82) is 0 Å². The third-order valence-electron chi connectivity index (χ3n) is 2.52. The standard InChI is InChI=1S/C14H14/c1-3-6-13-11(2)9-10-12-7-4-5-8-14(12)13/h3-10H,1-2H3/b6-3+. The molecule has 0 heterocycles. The molecule has 0 nitrogen and oxygen atoms in total. The quantitative estimate of drug-likeness (QED) is 0.620. The van der Waals surface area contributed by atoms with Gasteiger partial charge >= 0.3 is 0 Å². The summed E-state index contributed by atoms with van der Waals surface area (Å²) in [7, 11) is 0. The fourth-order valence-corrected chi connectivity index (χ4v) is 1.79. The van der Waals surface area contributed by atoms with Crippen molar-refractivity contribution < 1.29 is 0 Å². The first kappa shape index (κ1) is 9.01. The zero-order chi connectivity index (χ0) is 9.97. The minimum Gasteiger partial charge on any atom is -0.0870 e. The van der Waals surface area contributed by atoms with E-state index in [-0.39, 0.29) is 0 Å². The van der Waals surface area contributed by atoms with E-state index in [1.54, 1.807) is 0 Å². The first-order chi connectivity index (χ1) is 6.83. The van der Waals surface area contributed by atoms with Gasteiger partial charge in [-0.2, -0.15) is 0 Å². The average molecular weight is 182 g/mol. The molecular formula is C14H14. The molecule has 14 heavy (non-hydrogen) atoms. The third-order valence-corrected chi connectivity index (χ3v) is 2.52. The largest absolute Gasteiger partial charge is 0.0870 e. The maximum Gasteiger partial charge on any atom is -0.0109 e. The molecule has 0 aliphatic heterocycles. The van der Waals surface area contributed by atoms with Crippen LogP contribution < -0.4 is 0 Å². The van der Waals surface area contributed by atoms with Crippen LogP contribution in [0.15, 0.2) is 42.5 Å². The van der Waals surface area contributed by atoms with Gasteiger partial charge in [-0.15, -0.1) is 0 Å². The number of fused-ring (bicyclic) bond motifs is 1. The minimum atomic E-state index is 1.31. The second-order valence-electron chi connectivity index (χ2n) is 3.52. The molecule has 2 aromatic rings. The summed E-state index contributed by atoms with van der Waals surface area (Å²) < 4.78 is 0. The summed E-state index contributed by atoms with van der Waals surface area (Å²) in [4.78, 5) is 0. The summed E-state index contributed by atoms with van der Waals surface area (Å²) in [6, 6.07) is 12.9. The van der Waals surface area contributed by atoms with Gasteiger partial charge in [-0.3, -0.25) is 0 Å². The van der Waals surface area contributed by atoms with Crippen molar-refractivity contribution in [2.45, 2.75) is 13.8 Å². The Morgan fingerprint density at radius 1 is 1.00 bits per heavy atom. The molecule has 0 fully saturated rings. The number of rotatable bonds is 1. The minimum absolute atomic E-state index is 1.31. The highest BCUT2D eigenvalue weighted by atomic mass is 14.0. The predicted octanol–water partition coefficient (Wildman–Crippen LogP) is 4.18. The van der Waals surface area contributed by atoms with Crippen LogP contribution in [0, 0.1) is 6.92 Å². The number of aryl methyl sites for hydroxylation is 1. The first-order valence-electron chi connectivity index (χ1n) is 4.94. The van der Waals surface area contributed by atoms with Gasteiger partial charge in [0.15, 0.2) is 0 Å². The fraction of sp³-hybridized carbons (Fsp3) is 0.143. The Morgan fingerprint density at radius 3 is 2.57 bits per heavy atom. The van der Waals surface area contributed by atoms with E-state index in [1.165, 1.54) is 21.9 Å². The summed E-state index contributed by atoms with van der Waals surface area (Å²) >= 11 is 0. The van der Waals surface area contributed by atoms with Crippen LogP contribution in [0.25, 0.3) is 16.8 Å². The lowest BCUT2D eigenvalue weighted by Crippen LogP contribution is -1.83. The topological polar surface area (TPSA) is 0 Å². The van der Waals surface area contributed by atoms with Crippen molar-refractivity contribution >= 4 is 16.8 Å². The monoisotopic (exact) mass is 182 g/mol. The van der Waals surface area contributed by atoms with Crippen molar-refractivity contribution in [3.05, 3.63) is 53.6 Å². The molecule has 0 saturated carbocycles. The molecule has 0 unspecified atom stereocenters. The van der Waals surface area contributed by atoms with E-state index in [0.717, 1.165) is 0 Å². The highest BCUT2D eigenvalue weighted by Gasteiger charge is 1.99. The zero-order valence-electron chi connectivity index (χ0n) is 8.62. The summed E-state index contributed by atoms with van der Waals surface area (Å²) in [5.41, 5.74) is 2.67. The lowest BCUT2D eigenvalue weighted by atomic mass is 9.99. The molecule has 0 aliphatic carbocycles. The Balaban J connectivity index is 2.82. The normalized spacial score (nSPS) is 11.3. The van der Waals surface area contributed by atoms with Gasteiger partial charge in [0.2, 0.25) is 0 Å². The molecule has 0 atom stereocenters. The molecule has 0 radical (unpaired) electrons. The molecule has 0 aromatic heterocycles. The van der Waals surface area contributed by atoms with Gasteiger partial charge in [-0.05, 0) is 35.7 Å². The van der Waals surface area contributed by atoms with Crippen molar-refractivity contribution in [2.24, 2.45) is 0 Å². The molecular weight excluding hydrogens is 168 g/mol. The lowest BCUT2D eigenvalue weighted by molar-refractivity contribution is 1.47. The second kappa shape index (κ2) is 3.67. The number of hydrogen-bond acceptors (Lipinski definition) is 0. The van der Waals surface area contributed by atoms with Crippen molar-refractivity contribution in [2.75, 3.05) is 0 Å². The van der Waals surface area contributed by atoms with Gasteiger partial charge in [0, 0.05) is 0 Å². The highest BCUT2D eigenvalue weighted by molar-refractivity contribution is 5.91. The van der Waals surface area contributed by atoms with Crippen LogP contribution in [0.1, 0.15) is 18.1 Å². The van der Waals surface area contributed by atoms with Crippen LogP contribution in [0.2, 0.25) is 0 Å². The van der Waals surface area contributed by atoms with Crippen molar-refractivity contribution in [1.82, 2.24) is 0 Å². The van der Waals surface area contributed by atoms with Crippen LogP contribution in [0.3, 0.4) is 0 Å². The zero-order valence-corrected chi connectivity index (χ0v) is 8.62. The Bertz CT molecular complexity index is 478. The average Bonchev–Trinajstić information content (AvgIpc) is 2.23. The van der Waals surface area contributed by atoms with Crippen LogP contribution in [-0.4, -0.2) is 0 Å². The van der Waals surface area contributed by atoms with Gasteiger partial charge in [0.1, 0.15) is 0 Å². The molecule has 0 N–H and O–H groups in total. The SMILES string of the molecule is C/C=C/c1c(C)ccc2ccccc12. The first-order valence-corrected chi connectivity index (χ1v) is 4.94. The molecule has 70 valence electrons. The molecule has 0 heteroatoms. The summed E-state index contributed by atoms with van der Waals surface area (Å²) in [6.45, 7) is 4.21. The number of benzene rings is 2. The smallest absolute Gasteiger partial charge is 0.0109 e. The third kappa shape index (κ3) is 1.44. The summed E-state index contributed by atoms with van der Waals surface area (Å²) in [5.74, 6) is 0. The second-order valence-corrected chi connectivity index (χ2v) is 3.52. The van der Waals surface area contributed by atoms with Crippen molar-refractivity contribution in [3.63, 3.8) is 0 Å². The Morgan fingerprint density at radius 2 is 1.79 bits per heavy atom. The summed E-state index contributed by atoms with van der Waals surface area (Å²) in [6.07, 6.45) is 4.27. The van der Waals surface area contributed by atoms with E-state index in [9.17, 15) is 0 Å². The fourth-order valence-electron chi connectivity index (χ4n) is 1.79. The lowest BCUT2D eigenvalue weighted by Gasteiger charge is -2.05. The number of allylic oxidation sites excluding steroid dienone is 1. The highest BCUT2D eigenvalue weighted by Crippen LogP contribution is 2.23. The van der Waals surface area contributed by atoms with E-state index >= 15 is 0 Å². The Labute approximate surface area is 84.9 Å². The van der Waals surface area contributed by atoms with Gasteiger partial charge < -0.3 is 0 Å². The predicted molar refractivity (Wildman–Crippen MR) is 63.4 cm³/mol. The van der Waals surface area contributed by atoms with Gasteiger partial charge in [0.05, 0.1) is 0 Å². The Kier molecular flexibility index (Phi) is 2.36. The maximum atomic E-state index is 2.18. The van der Waals surface area contributed by atoms with E-state index in [1.807, 2.05) is 0 Å². The van der Waals surface area contributed by atoms with E-state index < -0.39 is 0 Å². The summed E-state index contributed by atoms with van der Waals surface area (Å²) in [5, 5.41) is 2.65. The van der Waals surface area contributed by atoms with Gasteiger partial charge in [-0.25, -0.2) is 0 Å². The van der Waals surface area contributed by atoms with Gasteiger partial charge in [0.25, 0.3) is 0 Å². The molecule has 0 bridgehead atoms. The van der Waals surface area contributed by atoms with Crippen LogP contribution in [0.4, 0.5) is 0 Å². The number of hydrogen-bond donors (Lipinski definition) is 0. The molecule has 0 spiro atoms. The molecule has 0 saturated heterocycles. The van der Waals surface area contributed by atoms with E-state index in [2.05, 4.69) is 62.4 Å². The Hall–Kier alpha value is -1.56.